The SMILES string of the molecule is CC(C)Oc1ccc2c(c1)SC(=CC(=O)O)C(=O)N2Cc1ccc(Br)cc1F. The van der Waals surface area contributed by atoms with E-state index in [4.69, 9.17) is 9.84 Å². The van der Waals surface area contributed by atoms with E-state index < -0.39 is 17.7 Å². The fourth-order valence-corrected chi connectivity index (χ4v) is 4.11. The molecule has 1 aliphatic rings. The topological polar surface area (TPSA) is 66.8 Å². The van der Waals surface area contributed by atoms with Crippen LogP contribution in [0.2, 0.25) is 0 Å². The van der Waals surface area contributed by atoms with Gasteiger partial charge >= 0.3 is 5.97 Å². The van der Waals surface area contributed by atoms with Crippen molar-refractivity contribution in [2.24, 2.45) is 0 Å². The molecule has 146 valence electrons. The van der Waals surface area contributed by atoms with Crippen molar-refractivity contribution in [2.45, 2.75) is 31.4 Å². The maximum atomic E-state index is 14.3. The molecule has 0 bridgehead atoms. The molecule has 0 saturated heterocycles. The first-order valence-corrected chi connectivity index (χ1v) is 10.0. The molecule has 0 aromatic heterocycles. The minimum atomic E-state index is -1.22. The summed E-state index contributed by atoms with van der Waals surface area (Å²) in [5.74, 6) is -1.55. The number of benzene rings is 2. The molecule has 1 N–H and O–H groups in total. The first kappa shape index (κ1) is 20.4. The normalized spacial score (nSPS) is 15.1. The number of carboxylic acids is 1. The summed E-state index contributed by atoms with van der Waals surface area (Å²) in [4.78, 5) is 26.1. The Labute approximate surface area is 174 Å². The molecule has 8 heteroatoms. The quantitative estimate of drug-likeness (QED) is 0.630. The number of hydrogen-bond acceptors (Lipinski definition) is 4. The summed E-state index contributed by atoms with van der Waals surface area (Å²) in [7, 11) is 0. The molecule has 1 amide bonds. The van der Waals surface area contributed by atoms with Crippen LogP contribution in [0.5, 0.6) is 5.75 Å². The smallest absolute Gasteiger partial charge is 0.329 e. The average molecular weight is 466 g/mol. The highest BCUT2D eigenvalue weighted by molar-refractivity contribution is 9.10. The predicted octanol–water partition coefficient (Wildman–Crippen LogP) is 4.98. The zero-order valence-corrected chi connectivity index (χ0v) is 17.5. The molecule has 2 aromatic rings. The molecule has 0 unspecified atom stereocenters. The van der Waals surface area contributed by atoms with Crippen molar-refractivity contribution in [3.05, 3.63) is 63.2 Å². The number of fused-ring (bicyclic) bond motifs is 1. The van der Waals surface area contributed by atoms with Crippen LogP contribution in [0.1, 0.15) is 19.4 Å². The van der Waals surface area contributed by atoms with Gasteiger partial charge in [0, 0.05) is 21.0 Å². The number of carboxylic acid groups (broad SMARTS) is 1. The largest absolute Gasteiger partial charge is 0.491 e. The molecular formula is C20H17BrFNO4S. The predicted molar refractivity (Wildman–Crippen MR) is 109 cm³/mol. The Morgan fingerprint density at radius 1 is 1.32 bits per heavy atom. The molecule has 2 aromatic carbocycles. The summed E-state index contributed by atoms with van der Waals surface area (Å²) in [6.07, 6.45) is 0.840. The summed E-state index contributed by atoms with van der Waals surface area (Å²) in [5.41, 5.74) is 0.905. The third-order valence-corrected chi connectivity index (χ3v) is 5.42. The van der Waals surface area contributed by atoms with Crippen LogP contribution in [0.4, 0.5) is 10.1 Å². The highest BCUT2D eigenvalue weighted by Crippen LogP contribution is 2.44. The highest BCUT2D eigenvalue weighted by Gasteiger charge is 2.31. The second kappa shape index (κ2) is 8.36. The van der Waals surface area contributed by atoms with Crippen LogP contribution < -0.4 is 9.64 Å². The van der Waals surface area contributed by atoms with Gasteiger partial charge in [0.05, 0.1) is 23.2 Å². The Balaban J connectivity index is 2.04. The van der Waals surface area contributed by atoms with Crippen molar-refractivity contribution < 1.29 is 23.8 Å². The van der Waals surface area contributed by atoms with E-state index in [1.807, 2.05) is 13.8 Å². The number of ether oxygens (including phenoxy) is 1. The monoisotopic (exact) mass is 465 g/mol. The van der Waals surface area contributed by atoms with Crippen LogP contribution in [0.25, 0.3) is 0 Å². The number of halogens is 2. The molecule has 0 radical (unpaired) electrons. The van der Waals surface area contributed by atoms with Crippen molar-refractivity contribution in [2.75, 3.05) is 4.90 Å². The first-order chi connectivity index (χ1) is 13.2. The summed E-state index contributed by atoms with van der Waals surface area (Å²) < 4.78 is 20.6. The van der Waals surface area contributed by atoms with Crippen molar-refractivity contribution >= 4 is 45.3 Å². The third-order valence-electron chi connectivity index (χ3n) is 3.87. The van der Waals surface area contributed by atoms with Gasteiger partial charge in [0.15, 0.2) is 0 Å². The van der Waals surface area contributed by atoms with Crippen LogP contribution in [0.3, 0.4) is 0 Å². The number of carbonyl (C=O) groups is 2. The highest BCUT2D eigenvalue weighted by atomic mass is 79.9. The maximum Gasteiger partial charge on any atom is 0.329 e. The Morgan fingerprint density at radius 2 is 2.07 bits per heavy atom. The molecule has 28 heavy (non-hydrogen) atoms. The molecule has 0 aliphatic carbocycles. The molecular weight excluding hydrogens is 449 g/mol. The van der Waals surface area contributed by atoms with Crippen LogP contribution >= 0.6 is 27.7 Å². The molecule has 1 heterocycles. The fourth-order valence-electron chi connectivity index (χ4n) is 2.73. The average Bonchev–Trinajstić information content (AvgIpc) is 2.59. The summed E-state index contributed by atoms with van der Waals surface area (Å²) in [5, 5.41) is 9.11. The minimum absolute atomic E-state index is 0.0210. The van der Waals surface area contributed by atoms with E-state index in [0.29, 0.717) is 26.4 Å². The van der Waals surface area contributed by atoms with Crippen LogP contribution in [0, 0.1) is 5.82 Å². The molecule has 1 aliphatic heterocycles. The van der Waals surface area contributed by atoms with Gasteiger partial charge in [0.25, 0.3) is 5.91 Å². The zero-order chi connectivity index (χ0) is 20.4. The van der Waals surface area contributed by atoms with Gasteiger partial charge in [-0.3, -0.25) is 4.79 Å². The van der Waals surface area contributed by atoms with Crippen molar-refractivity contribution in [3.63, 3.8) is 0 Å². The van der Waals surface area contributed by atoms with Gasteiger partial charge in [-0.05, 0) is 44.2 Å². The molecule has 0 saturated carbocycles. The number of amides is 1. The van der Waals surface area contributed by atoms with E-state index >= 15 is 0 Å². The standard InChI is InChI=1S/C20H17BrFNO4S/c1-11(2)27-14-5-6-16-17(8-14)28-18(9-19(24)25)20(26)23(16)10-12-3-4-13(21)7-15(12)22/h3-9,11H,10H2,1-2H3,(H,24,25). The van der Waals surface area contributed by atoms with Gasteiger partial charge in [-0.2, -0.15) is 0 Å². The van der Waals surface area contributed by atoms with Gasteiger partial charge < -0.3 is 14.7 Å². The van der Waals surface area contributed by atoms with Crippen LogP contribution in [-0.4, -0.2) is 23.1 Å². The number of anilines is 1. The number of carbonyl (C=O) groups excluding carboxylic acids is 1. The van der Waals surface area contributed by atoms with Crippen molar-refractivity contribution in [1.29, 1.82) is 0 Å². The van der Waals surface area contributed by atoms with E-state index in [9.17, 15) is 14.0 Å². The first-order valence-electron chi connectivity index (χ1n) is 8.43. The molecule has 0 atom stereocenters. The van der Waals surface area contributed by atoms with Crippen LogP contribution in [-0.2, 0) is 16.1 Å². The van der Waals surface area contributed by atoms with E-state index in [2.05, 4.69) is 15.9 Å². The van der Waals surface area contributed by atoms with E-state index in [-0.39, 0.29) is 17.6 Å². The molecule has 0 fully saturated rings. The van der Waals surface area contributed by atoms with Gasteiger partial charge in [-0.25, -0.2) is 9.18 Å². The molecule has 5 nitrogen and oxygen atoms in total. The Morgan fingerprint density at radius 3 is 2.71 bits per heavy atom. The Hall–Kier alpha value is -2.32. The Kier molecular flexibility index (Phi) is 6.10. The van der Waals surface area contributed by atoms with Gasteiger partial charge in [0.2, 0.25) is 0 Å². The Bertz CT molecular complexity index is 977. The number of hydrogen-bond donors (Lipinski definition) is 1. The summed E-state index contributed by atoms with van der Waals surface area (Å²) in [6.45, 7) is 3.77. The van der Waals surface area contributed by atoms with Gasteiger partial charge in [0.1, 0.15) is 11.6 Å². The molecule has 0 spiro atoms. The number of thioether (sulfide) groups is 1. The summed E-state index contributed by atoms with van der Waals surface area (Å²) >= 11 is 4.27. The number of rotatable bonds is 5. The van der Waals surface area contributed by atoms with Crippen LogP contribution in [0.15, 0.2) is 56.7 Å². The van der Waals surface area contributed by atoms with Crippen molar-refractivity contribution in [1.82, 2.24) is 0 Å². The van der Waals surface area contributed by atoms with E-state index in [1.165, 1.54) is 11.0 Å². The second-order valence-electron chi connectivity index (χ2n) is 6.37. The van der Waals surface area contributed by atoms with Gasteiger partial charge in [-0.15, -0.1) is 0 Å². The lowest BCUT2D eigenvalue weighted by Crippen LogP contribution is -2.34. The lowest BCUT2D eigenvalue weighted by molar-refractivity contribution is -0.131. The maximum absolute atomic E-state index is 14.3. The number of aliphatic carboxylic acids is 1. The lowest BCUT2D eigenvalue weighted by atomic mass is 10.1. The second-order valence-corrected chi connectivity index (χ2v) is 8.37. The summed E-state index contributed by atoms with van der Waals surface area (Å²) in [6, 6.07) is 9.83. The fraction of sp³-hybridized carbons (Fsp3) is 0.200. The zero-order valence-electron chi connectivity index (χ0n) is 15.1. The van der Waals surface area contributed by atoms with E-state index in [1.54, 1.807) is 30.3 Å². The minimum Gasteiger partial charge on any atom is -0.491 e. The lowest BCUT2D eigenvalue weighted by Gasteiger charge is -2.30. The number of nitrogens with zero attached hydrogens (tertiary/aromatic N) is 1. The van der Waals surface area contributed by atoms with Gasteiger partial charge in [-0.1, -0.05) is 33.8 Å². The van der Waals surface area contributed by atoms with E-state index in [0.717, 1.165) is 17.8 Å². The van der Waals surface area contributed by atoms with Crippen molar-refractivity contribution in [3.8, 4) is 5.75 Å². The third kappa shape index (κ3) is 4.56. The molecule has 3 rings (SSSR count).